The molecule has 1 aliphatic heterocycles. The van der Waals surface area contributed by atoms with Crippen molar-refractivity contribution in [3.8, 4) is 5.75 Å². The maximum atomic E-state index is 13.8. The lowest BCUT2D eigenvalue weighted by Crippen LogP contribution is -2.39. The van der Waals surface area contributed by atoms with Gasteiger partial charge in [-0.05, 0) is 30.3 Å². The van der Waals surface area contributed by atoms with Gasteiger partial charge in [-0.25, -0.2) is 23.7 Å². The fourth-order valence-corrected chi connectivity index (χ4v) is 3.43. The Hall–Kier alpha value is -4.03. The number of hydrogen-bond donors (Lipinski definition) is 2. The number of anilines is 4. The average Bonchev–Trinajstić information content (AvgIpc) is 2.81. The van der Waals surface area contributed by atoms with E-state index in [1.807, 2.05) is 0 Å². The number of aromatic nitrogens is 3. The molecular weight excluding hydrogens is 475 g/mol. The van der Waals surface area contributed by atoms with E-state index < -0.39 is 24.4 Å². The maximum absolute atomic E-state index is 13.8. The summed E-state index contributed by atoms with van der Waals surface area (Å²) in [4.78, 5) is 26.1. The van der Waals surface area contributed by atoms with Crippen LogP contribution in [0.2, 0.25) is 0 Å². The molecule has 0 bridgehead atoms. The van der Waals surface area contributed by atoms with Gasteiger partial charge in [-0.3, -0.25) is 4.79 Å². The van der Waals surface area contributed by atoms with E-state index in [2.05, 4.69) is 30.3 Å². The van der Waals surface area contributed by atoms with Crippen LogP contribution in [0.25, 0.3) is 0 Å². The van der Waals surface area contributed by atoms with Gasteiger partial charge in [0.15, 0.2) is 0 Å². The molecule has 1 fully saturated rings. The Morgan fingerprint density at radius 2 is 1.80 bits per heavy atom. The van der Waals surface area contributed by atoms with Crippen LogP contribution in [0.5, 0.6) is 5.75 Å². The van der Waals surface area contributed by atoms with Crippen molar-refractivity contribution in [2.24, 2.45) is 0 Å². The van der Waals surface area contributed by atoms with E-state index in [4.69, 9.17) is 0 Å². The Kier molecular flexibility index (Phi) is 6.94. The number of ether oxygens (including phenoxy) is 1. The van der Waals surface area contributed by atoms with E-state index in [0.717, 1.165) is 12.3 Å². The van der Waals surface area contributed by atoms with Crippen LogP contribution in [-0.4, -0.2) is 46.5 Å². The molecule has 13 heteroatoms. The van der Waals surface area contributed by atoms with E-state index in [1.165, 1.54) is 36.5 Å². The van der Waals surface area contributed by atoms with Crippen LogP contribution < -0.4 is 20.3 Å². The SMILES string of the molecule is O=C(Nc1cnc(F)cc1N1CCC(F)(F)CC1)c1ccnc(Nc2ccc(OC(F)F)cc2)n1. The minimum atomic E-state index is -2.94. The lowest BCUT2D eigenvalue weighted by molar-refractivity contribution is -0.0498. The van der Waals surface area contributed by atoms with Crippen LogP contribution in [0.15, 0.2) is 48.8 Å². The Morgan fingerprint density at radius 1 is 1.09 bits per heavy atom. The van der Waals surface area contributed by atoms with E-state index >= 15 is 0 Å². The number of nitrogens with zero attached hydrogens (tertiary/aromatic N) is 4. The highest BCUT2D eigenvalue weighted by atomic mass is 19.3. The molecule has 1 saturated heterocycles. The van der Waals surface area contributed by atoms with Crippen molar-refractivity contribution in [3.63, 3.8) is 0 Å². The van der Waals surface area contributed by atoms with Gasteiger partial charge < -0.3 is 20.3 Å². The van der Waals surface area contributed by atoms with Crippen LogP contribution in [-0.2, 0) is 0 Å². The highest BCUT2D eigenvalue weighted by molar-refractivity contribution is 6.04. The Balaban J connectivity index is 1.47. The second-order valence-electron chi connectivity index (χ2n) is 7.61. The van der Waals surface area contributed by atoms with Crippen LogP contribution in [0.4, 0.5) is 45.0 Å². The second kappa shape index (κ2) is 10.1. The summed E-state index contributed by atoms with van der Waals surface area (Å²) in [7, 11) is 0. The first-order valence-electron chi connectivity index (χ1n) is 10.4. The van der Waals surface area contributed by atoms with Crippen molar-refractivity contribution in [1.82, 2.24) is 15.0 Å². The highest BCUT2D eigenvalue weighted by Gasteiger charge is 2.35. The van der Waals surface area contributed by atoms with Gasteiger partial charge in [-0.1, -0.05) is 0 Å². The molecule has 1 amide bonds. The normalized spacial score (nSPS) is 15.1. The molecule has 4 rings (SSSR count). The van der Waals surface area contributed by atoms with E-state index in [-0.39, 0.29) is 54.7 Å². The molecule has 3 heterocycles. The standard InChI is InChI=1S/C22H19F5N6O2/c23-18-11-17(33-9-6-22(26,27)7-10-33)16(12-29-18)31-19(34)15-5-8-28-21(32-15)30-13-1-3-14(4-2-13)35-20(24)25/h1-5,8,11-12,20H,6-7,9-10H2,(H,31,34)(H,28,30,32). The first kappa shape index (κ1) is 24.1. The van der Waals surface area contributed by atoms with E-state index in [1.54, 1.807) is 4.90 Å². The number of alkyl halides is 4. The zero-order valence-electron chi connectivity index (χ0n) is 18.0. The van der Waals surface area contributed by atoms with Crippen LogP contribution in [0.3, 0.4) is 0 Å². The highest BCUT2D eigenvalue weighted by Crippen LogP contribution is 2.34. The van der Waals surface area contributed by atoms with Gasteiger partial charge >= 0.3 is 6.61 Å². The van der Waals surface area contributed by atoms with Crippen molar-refractivity contribution >= 4 is 28.9 Å². The van der Waals surface area contributed by atoms with E-state index in [0.29, 0.717) is 5.69 Å². The summed E-state index contributed by atoms with van der Waals surface area (Å²) in [5, 5.41) is 5.42. The quantitative estimate of drug-likeness (QED) is 0.359. The zero-order valence-corrected chi connectivity index (χ0v) is 18.0. The molecule has 184 valence electrons. The summed E-state index contributed by atoms with van der Waals surface area (Å²) in [5.74, 6) is -4.23. The fourth-order valence-electron chi connectivity index (χ4n) is 3.43. The first-order valence-corrected chi connectivity index (χ1v) is 10.4. The van der Waals surface area contributed by atoms with Crippen molar-refractivity contribution in [3.05, 3.63) is 60.4 Å². The molecule has 2 aromatic heterocycles. The van der Waals surface area contributed by atoms with Crippen LogP contribution in [0.1, 0.15) is 23.3 Å². The molecule has 0 saturated carbocycles. The summed E-state index contributed by atoms with van der Waals surface area (Å²) < 4.78 is 69.7. The van der Waals surface area contributed by atoms with Crippen molar-refractivity contribution < 1.29 is 31.5 Å². The number of piperidine rings is 1. The third-order valence-electron chi connectivity index (χ3n) is 5.16. The summed E-state index contributed by atoms with van der Waals surface area (Å²) in [6, 6.07) is 8.00. The molecule has 0 atom stereocenters. The van der Waals surface area contributed by atoms with E-state index in [9.17, 15) is 26.7 Å². The topological polar surface area (TPSA) is 92.3 Å². The molecule has 1 aliphatic rings. The van der Waals surface area contributed by atoms with Gasteiger partial charge in [0.1, 0.15) is 11.4 Å². The molecular formula is C22H19F5N6O2. The van der Waals surface area contributed by atoms with Gasteiger partial charge in [0.2, 0.25) is 11.9 Å². The van der Waals surface area contributed by atoms with Gasteiger partial charge in [0.25, 0.3) is 11.8 Å². The molecule has 0 aliphatic carbocycles. The largest absolute Gasteiger partial charge is 0.435 e. The molecule has 0 radical (unpaired) electrons. The summed E-state index contributed by atoms with van der Waals surface area (Å²) >= 11 is 0. The molecule has 0 unspecified atom stereocenters. The average molecular weight is 494 g/mol. The number of rotatable bonds is 7. The summed E-state index contributed by atoms with van der Waals surface area (Å²) in [6.45, 7) is -2.97. The summed E-state index contributed by atoms with van der Waals surface area (Å²) in [5.41, 5.74) is 0.793. The Bertz CT molecular complexity index is 1190. The van der Waals surface area contributed by atoms with Gasteiger partial charge in [0, 0.05) is 43.9 Å². The number of benzene rings is 1. The smallest absolute Gasteiger partial charge is 0.387 e. The molecule has 35 heavy (non-hydrogen) atoms. The predicted octanol–water partition coefficient (Wildman–Crippen LogP) is 4.84. The minimum Gasteiger partial charge on any atom is -0.435 e. The minimum absolute atomic E-state index is 0.0119. The molecule has 2 N–H and O–H groups in total. The summed E-state index contributed by atoms with van der Waals surface area (Å²) in [6.07, 6.45) is 1.66. The number of halogens is 5. The number of pyridine rings is 1. The maximum Gasteiger partial charge on any atom is 0.387 e. The Labute approximate surface area is 196 Å². The second-order valence-corrected chi connectivity index (χ2v) is 7.61. The number of carbonyl (C=O) groups excluding carboxylic acids is 1. The third-order valence-corrected chi connectivity index (χ3v) is 5.16. The number of carbonyl (C=O) groups is 1. The number of nitrogens with one attached hydrogen (secondary N) is 2. The fraction of sp³-hybridized carbons (Fsp3) is 0.273. The lowest BCUT2D eigenvalue weighted by Gasteiger charge is -2.34. The molecule has 1 aromatic carbocycles. The molecule has 3 aromatic rings. The first-order chi connectivity index (χ1) is 16.7. The number of hydrogen-bond acceptors (Lipinski definition) is 7. The third kappa shape index (κ3) is 6.31. The Morgan fingerprint density at radius 3 is 2.49 bits per heavy atom. The number of amides is 1. The van der Waals surface area contributed by atoms with Crippen molar-refractivity contribution in [1.29, 1.82) is 0 Å². The lowest BCUT2D eigenvalue weighted by atomic mass is 10.1. The van der Waals surface area contributed by atoms with Crippen molar-refractivity contribution in [2.75, 3.05) is 28.6 Å². The van der Waals surface area contributed by atoms with Crippen molar-refractivity contribution in [2.45, 2.75) is 25.4 Å². The molecule has 0 spiro atoms. The molecule has 8 nitrogen and oxygen atoms in total. The monoisotopic (exact) mass is 494 g/mol. The van der Waals surface area contributed by atoms with Gasteiger partial charge in [-0.2, -0.15) is 13.2 Å². The zero-order chi connectivity index (χ0) is 25.0. The van der Waals surface area contributed by atoms with Crippen LogP contribution in [0, 0.1) is 5.95 Å². The van der Waals surface area contributed by atoms with Gasteiger partial charge in [-0.15, -0.1) is 0 Å². The van der Waals surface area contributed by atoms with Crippen LogP contribution >= 0.6 is 0 Å². The van der Waals surface area contributed by atoms with Gasteiger partial charge in [0.05, 0.1) is 17.6 Å². The predicted molar refractivity (Wildman–Crippen MR) is 117 cm³/mol.